The van der Waals surface area contributed by atoms with Crippen molar-refractivity contribution in [3.63, 3.8) is 0 Å². The topological polar surface area (TPSA) is 46.9 Å². The lowest BCUT2D eigenvalue weighted by atomic mass is 10.0. The van der Waals surface area contributed by atoms with Gasteiger partial charge in [-0.05, 0) is 50.8 Å². The zero-order valence-corrected chi connectivity index (χ0v) is 16.8. The number of aliphatic hydroxyl groups is 2. The molecule has 148 valence electrons. The molecule has 0 radical (unpaired) electrons. The van der Waals surface area contributed by atoms with Gasteiger partial charge in [0.2, 0.25) is 0 Å². The second-order valence-electron chi connectivity index (χ2n) is 8.58. The predicted octanol–water partition coefficient (Wildman–Crippen LogP) is 2.62. The van der Waals surface area contributed by atoms with Gasteiger partial charge in [-0.3, -0.25) is 9.80 Å². The van der Waals surface area contributed by atoms with E-state index in [1.807, 2.05) is 12.1 Å². The Morgan fingerprint density at radius 1 is 1.11 bits per heavy atom. The summed E-state index contributed by atoms with van der Waals surface area (Å²) in [5.74, 6) is 5.88. The molecule has 0 amide bonds. The van der Waals surface area contributed by atoms with Gasteiger partial charge in [0, 0.05) is 50.4 Å². The Labute approximate surface area is 164 Å². The van der Waals surface area contributed by atoms with E-state index < -0.39 is 5.60 Å². The zero-order valence-electron chi connectivity index (χ0n) is 16.8. The Kier molecular flexibility index (Phi) is 6.94. The number of benzene rings is 1. The number of hydrogen-bond acceptors (Lipinski definition) is 4. The summed E-state index contributed by atoms with van der Waals surface area (Å²) in [6.07, 6.45) is 6.25. The molecule has 27 heavy (non-hydrogen) atoms. The van der Waals surface area contributed by atoms with Crippen LogP contribution in [-0.4, -0.2) is 63.9 Å². The second kappa shape index (κ2) is 9.21. The summed E-state index contributed by atoms with van der Waals surface area (Å²) in [5, 5.41) is 19.2. The van der Waals surface area contributed by atoms with Crippen LogP contribution < -0.4 is 0 Å². The summed E-state index contributed by atoms with van der Waals surface area (Å²) in [4.78, 5) is 5.19. The van der Waals surface area contributed by atoms with Gasteiger partial charge in [-0.1, -0.05) is 36.8 Å². The van der Waals surface area contributed by atoms with E-state index in [0.717, 1.165) is 44.2 Å². The van der Waals surface area contributed by atoms with E-state index in [-0.39, 0.29) is 6.61 Å². The number of nitrogens with zero attached hydrogens (tertiary/aromatic N) is 2. The second-order valence-corrected chi connectivity index (χ2v) is 8.58. The molecular formula is C23H34N2O2. The van der Waals surface area contributed by atoms with Crippen molar-refractivity contribution in [3.05, 3.63) is 35.4 Å². The molecule has 4 nitrogen and oxygen atoms in total. The van der Waals surface area contributed by atoms with Crippen LogP contribution in [0.2, 0.25) is 0 Å². The van der Waals surface area contributed by atoms with Crippen LogP contribution in [0.1, 0.15) is 57.1 Å². The molecular weight excluding hydrogens is 336 g/mol. The first-order valence-corrected chi connectivity index (χ1v) is 10.4. The van der Waals surface area contributed by atoms with Gasteiger partial charge < -0.3 is 10.2 Å². The summed E-state index contributed by atoms with van der Waals surface area (Å²) >= 11 is 0. The minimum atomic E-state index is -0.959. The highest BCUT2D eigenvalue weighted by Gasteiger charge is 2.32. The first-order valence-electron chi connectivity index (χ1n) is 10.4. The van der Waals surface area contributed by atoms with Crippen molar-refractivity contribution < 1.29 is 10.2 Å². The average Bonchev–Trinajstić information content (AvgIpc) is 3.15. The van der Waals surface area contributed by atoms with Crippen LogP contribution in [-0.2, 0) is 6.54 Å². The van der Waals surface area contributed by atoms with E-state index in [2.05, 4.69) is 33.8 Å². The third-order valence-corrected chi connectivity index (χ3v) is 5.74. The van der Waals surface area contributed by atoms with Gasteiger partial charge in [0.05, 0.1) is 0 Å². The maximum Gasteiger partial charge on any atom is 0.120 e. The molecule has 1 aliphatic carbocycles. The van der Waals surface area contributed by atoms with Crippen LogP contribution in [0.15, 0.2) is 24.3 Å². The highest BCUT2D eigenvalue weighted by molar-refractivity contribution is 5.37. The van der Waals surface area contributed by atoms with Crippen LogP contribution in [0.4, 0.5) is 0 Å². The molecule has 0 unspecified atom stereocenters. The quantitative estimate of drug-likeness (QED) is 0.782. The molecule has 1 aliphatic heterocycles. The van der Waals surface area contributed by atoms with E-state index in [1.165, 1.54) is 31.2 Å². The van der Waals surface area contributed by atoms with Crippen LogP contribution in [0.5, 0.6) is 0 Å². The fourth-order valence-corrected chi connectivity index (χ4v) is 4.38. The largest absolute Gasteiger partial charge is 0.396 e. The fraction of sp³-hybridized carbons (Fsp3) is 0.652. The summed E-state index contributed by atoms with van der Waals surface area (Å²) < 4.78 is 0. The maximum absolute atomic E-state index is 9.72. The Hall–Kier alpha value is -1.38. The molecule has 3 rings (SSSR count). The van der Waals surface area contributed by atoms with Crippen molar-refractivity contribution in [1.29, 1.82) is 0 Å². The maximum atomic E-state index is 9.72. The van der Waals surface area contributed by atoms with Gasteiger partial charge in [-0.2, -0.15) is 0 Å². The van der Waals surface area contributed by atoms with Crippen LogP contribution >= 0.6 is 0 Å². The molecule has 1 atom stereocenters. The summed E-state index contributed by atoms with van der Waals surface area (Å²) in [6, 6.07) is 9.56. The lowest BCUT2D eigenvalue weighted by Gasteiger charge is -2.44. The van der Waals surface area contributed by atoms with Gasteiger partial charge in [0.1, 0.15) is 5.60 Å². The molecule has 1 saturated heterocycles. The minimum Gasteiger partial charge on any atom is -0.396 e. The van der Waals surface area contributed by atoms with Crippen LogP contribution in [0.25, 0.3) is 0 Å². The molecule has 1 heterocycles. The van der Waals surface area contributed by atoms with Crippen molar-refractivity contribution >= 4 is 0 Å². The Morgan fingerprint density at radius 3 is 2.44 bits per heavy atom. The highest BCUT2D eigenvalue weighted by Crippen LogP contribution is 2.28. The van der Waals surface area contributed by atoms with Crippen molar-refractivity contribution in [2.45, 2.75) is 70.2 Å². The molecule has 1 aromatic rings. The summed E-state index contributed by atoms with van der Waals surface area (Å²) in [7, 11) is 0. The smallest absolute Gasteiger partial charge is 0.120 e. The third-order valence-electron chi connectivity index (χ3n) is 5.74. The number of piperazine rings is 1. The van der Waals surface area contributed by atoms with E-state index in [0.29, 0.717) is 6.04 Å². The first kappa shape index (κ1) is 20.4. The predicted molar refractivity (Wildman–Crippen MR) is 109 cm³/mol. The average molecular weight is 371 g/mol. The van der Waals surface area contributed by atoms with Gasteiger partial charge in [0.15, 0.2) is 0 Å². The normalized spacial score (nSPS) is 22.6. The summed E-state index contributed by atoms with van der Waals surface area (Å²) in [6.45, 7) is 7.86. The van der Waals surface area contributed by atoms with Crippen molar-refractivity contribution in [2.75, 3.05) is 26.2 Å². The monoisotopic (exact) mass is 370 g/mol. The molecule has 2 fully saturated rings. The van der Waals surface area contributed by atoms with Crippen molar-refractivity contribution in [2.24, 2.45) is 0 Å². The third kappa shape index (κ3) is 6.05. The van der Waals surface area contributed by atoms with Gasteiger partial charge in [0.25, 0.3) is 0 Å². The molecule has 2 N–H and O–H groups in total. The molecule has 0 aromatic heterocycles. The standard InChI is InChI=1S/C23H34N2O2/c1-23(2,27)13-11-19-7-9-20(10-8-19)17-24-14-15-25(21-5-3-4-6-21)22(18-24)12-16-26/h7-10,21-22,26-27H,3-6,12,14-18H2,1-2H3/t22-/m1/s1. The van der Waals surface area contributed by atoms with Gasteiger partial charge in [-0.15, -0.1) is 0 Å². The van der Waals surface area contributed by atoms with Crippen molar-refractivity contribution in [1.82, 2.24) is 9.80 Å². The van der Waals surface area contributed by atoms with Gasteiger partial charge >= 0.3 is 0 Å². The molecule has 4 heteroatoms. The van der Waals surface area contributed by atoms with E-state index in [4.69, 9.17) is 0 Å². The van der Waals surface area contributed by atoms with Gasteiger partial charge in [-0.25, -0.2) is 0 Å². The lowest BCUT2D eigenvalue weighted by Crippen LogP contribution is -2.55. The molecule has 0 bridgehead atoms. The fourth-order valence-electron chi connectivity index (χ4n) is 4.38. The number of hydrogen-bond donors (Lipinski definition) is 2. The lowest BCUT2D eigenvalue weighted by molar-refractivity contribution is 0.0267. The molecule has 1 aromatic carbocycles. The van der Waals surface area contributed by atoms with E-state index in [1.54, 1.807) is 13.8 Å². The molecule has 0 spiro atoms. The zero-order chi connectivity index (χ0) is 19.3. The number of rotatable bonds is 5. The van der Waals surface area contributed by atoms with Crippen LogP contribution in [0, 0.1) is 11.8 Å². The molecule has 2 aliphatic rings. The van der Waals surface area contributed by atoms with Crippen molar-refractivity contribution in [3.8, 4) is 11.8 Å². The minimum absolute atomic E-state index is 0.274. The first-order chi connectivity index (χ1) is 12.9. The SMILES string of the molecule is CC(C)(O)C#Cc1ccc(CN2CCN(C3CCCC3)[C@H](CCO)C2)cc1. The molecule has 1 saturated carbocycles. The van der Waals surface area contributed by atoms with E-state index in [9.17, 15) is 10.2 Å². The highest BCUT2D eigenvalue weighted by atomic mass is 16.3. The summed E-state index contributed by atoms with van der Waals surface area (Å²) in [5.41, 5.74) is 1.27. The Bertz CT molecular complexity index is 648. The Morgan fingerprint density at radius 2 is 1.81 bits per heavy atom. The van der Waals surface area contributed by atoms with E-state index >= 15 is 0 Å². The Balaban J connectivity index is 1.58. The number of aliphatic hydroxyl groups excluding tert-OH is 1. The van der Waals surface area contributed by atoms with Crippen LogP contribution in [0.3, 0.4) is 0 Å².